The van der Waals surface area contributed by atoms with Gasteiger partial charge in [0.15, 0.2) is 0 Å². The van der Waals surface area contributed by atoms with E-state index >= 15 is 0 Å². The minimum atomic E-state index is -0.122. The molecule has 84 valence electrons. The first kappa shape index (κ1) is 11.0. The van der Waals surface area contributed by atoms with Crippen molar-refractivity contribution in [2.45, 2.75) is 6.61 Å². The van der Waals surface area contributed by atoms with Crippen LogP contribution in [0.4, 0.5) is 0 Å². The Morgan fingerprint density at radius 3 is 2.94 bits per heavy atom. The standard InChI is InChI=1S/C11H11ClN2O2/c1-16-10-4-2-3-9(5-10)14-11(12)8(7-15)6-13-14/h2-6,15H,7H2,1H3. The van der Waals surface area contributed by atoms with Gasteiger partial charge in [-0.1, -0.05) is 17.7 Å². The number of rotatable bonds is 3. The van der Waals surface area contributed by atoms with Crippen molar-refractivity contribution < 1.29 is 9.84 Å². The van der Waals surface area contributed by atoms with Crippen LogP contribution in [0.1, 0.15) is 5.56 Å². The van der Waals surface area contributed by atoms with Crippen LogP contribution in [0.5, 0.6) is 5.75 Å². The van der Waals surface area contributed by atoms with Crippen LogP contribution >= 0.6 is 11.6 Å². The van der Waals surface area contributed by atoms with E-state index in [9.17, 15) is 0 Å². The fourth-order valence-electron chi connectivity index (χ4n) is 1.40. The largest absolute Gasteiger partial charge is 0.497 e. The molecule has 0 radical (unpaired) electrons. The minimum absolute atomic E-state index is 0.122. The highest BCUT2D eigenvalue weighted by Gasteiger charge is 2.09. The van der Waals surface area contributed by atoms with Gasteiger partial charge in [0.2, 0.25) is 0 Å². The molecule has 0 unspecified atom stereocenters. The van der Waals surface area contributed by atoms with Crippen LogP contribution in [0.2, 0.25) is 5.15 Å². The molecule has 0 saturated carbocycles. The second-order valence-corrected chi connectivity index (χ2v) is 3.59. The highest BCUT2D eigenvalue weighted by molar-refractivity contribution is 6.30. The summed E-state index contributed by atoms with van der Waals surface area (Å²) in [5.41, 5.74) is 1.40. The van der Waals surface area contributed by atoms with Crippen molar-refractivity contribution in [1.82, 2.24) is 9.78 Å². The third kappa shape index (κ3) is 1.89. The summed E-state index contributed by atoms with van der Waals surface area (Å²) < 4.78 is 6.67. The number of hydrogen-bond acceptors (Lipinski definition) is 3. The average Bonchev–Trinajstić information content (AvgIpc) is 2.70. The Kier molecular flexibility index (Phi) is 3.12. The van der Waals surface area contributed by atoms with Crippen molar-refractivity contribution in [1.29, 1.82) is 0 Å². The van der Waals surface area contributed by atoms with Crippen LogP contribution in [0, 0.1) is 0 Å². The van der Waals surface area contributed by atoms with Crippen molar-refractivity contribution in [3.8, 4) is 11.4 Å². The molecule has 1 N–H and O–H groups in total. The quantitative estimate of drug-likeness (QED) is 0.890. The summed E-state index contributed by atoms with van der Waals surface area (Å²) in [5.74, 6) is 0.731. The molecule has 0 atom stereocenters. The third-order valence-electron chi connectivity index (χ3n) is 2.25. The first-order valence-electron chi connectivity index (χ1n) is 4.74. The number of methoxy groups -OCH3 is 1. The van der Waals surface area contributed by atoms with Gasteiger partial charge < -0.3 is 9.84 Å². The van der Waals surface area contributed by atoms with Crippen LogP contribution < -0.4 is 4.74 Å². The van der Waals surface area contributed by atoms with E-state index in [0.717, 1.165) is 11.4 Å². The molecule has 0 saturated heterocycles. The lowest BCUT2D eigenvalue weighted by atomic mass is 10.3. The predicted octanol–water partition coefficient (Wildman–Crippen LogP) is 2.03. The molecule has 16 heavy (non-hydrogen) atoms. The Hall–Kier alpha value is -1.52. The second kappa shape index (κ2) is 4.55. The van der Waals surface area contributed by atoms with Gasteiger partial charge in [0, 0.05) is 11.6 Å². The Balaban J connectivity index is 2.45. The van der Waals surface area contributed by atoms with Gasteiger partial charge in [0.1, 0.15) is 10.9 Å². The predicted molar refractivity (Wildman–Crippen MR) is 61.0 cm³/mol. The number of aliphatic hydroxyl groups is 1. The fourth-order valence-corrected chi connectivity index (χ4v) is 1.65. The highest BCUT2D eigenvalue weighted by Crippen LogP contribution is 2.22. The van der Waals surface area contributed by atoms with E-state index in [2.05, 4.69) is 5.10 Å². The SMILES string of the molecule is COc1cccc(-n2ncc(CO)c2Cl)c1. The van der Waals surface area contributed by atoms with E-state index < -0.39 is 0 Å². The summed E-state index contributed by atoms with van der Waals surface area (Å²) in [6.45, 7) is -0.122. The summed E-state index contributed by atoms with van der Waals surface area (Å²) in [5, 5.41) is 13.5. The summed E-state index contributed by atoms with van der Waals surface area (Å²) in [4.78, 5) is 0. The Morgan fingerprint density at radius 2 is 2.31 bits per heavy atom. The lowest BCUT2D eigenvalue weighted by Gasteiger charge is -2.05. The summed E-state index contributed by atoms with van der Waals surface area (Å²) in [7, 11) is 1.60. The molecule has 4 nitrogen and oxygen atoms in total. The lowest BCUT2D eigenvalue weighted by molar-refractivity contribution is 0.282. The van der Waals surface area contributed by atoms with Gasteiger partial charge in [-0.25, -0.2) is 4.68 Å². The monoisotopic (exact) mass is 238 g/mol. The van der Waals surface area contributed by atoms with Gasteiger partial charge in [-0.05, 0) is 12.1 Å². The molecule has 1 aromatic carbocycles. The van der Waals surface area contributed by atoms with Crippen molar-refractivity contribution in [3.63, 3.8) is 0 Å². The number of hydrogen-bond donors (Lipinski definition) is 1. The molecule has 2 aromatic rings. The highest BCUT2D eigenvalue weighted by atomic mass is 35.5. The molecule has 0 bridgehead atoms. The summed E-state index contributed by atoms with van der Waals surface area (Å²) >= 11 is 6.05. The van der Waals surface area contributed by atoms with Gasteiger partial charge in [-0.15, -0.1) is 0 Å². The fraction of sp³-hybridized carbons (Fsp3) is 0.182. The molecule has 0 spiro atoms. The summed E-state index contributed by atoms with van der Waals surface area (Å²) in [6.07, 6.45) is 1.54. The number of aromatic nitrogens is 2. The molecule has 0 aliphatic rings. The van der Waals surface area contributed by atoms with Gasteiger partial charge in [0.25, 0.3) is 0 Å². The van der Waals surface area contributed by atoms with Gasteiger partial charge >= 0.3 is 0 Å². The van der Waals surface area contributed by atoms with Crippen molar-refractivity contribution >= 4 is 11.6 Å². The molecule has 1 aromatic heterocycles. The summed E-state index contributed by atoms with van der Waals surface area (Å²) in [6, 6.07) is 7.38. The topological polar surface area (TPSA) is 47.3 Å². The molecular weight excluding hydrogens is 228 g/mol. The van der Waals surface area contributed by atoms with Gasteiger partial charge in [-0.3, -0.25) is 0 Å². The number of aliphatic hydroxyl groups excluding tert-OH is 1. The number of halogens is 1. The normalized spacial score (nSPS) is 10.4. The van der Waals surface area contributed by atoms with Gasteiger partial charge in [0.05, 0.1) is 25.6 Å². The Morgan fingerprint density at radius 1 is 1.50 bits per heavy atom. The van der Waals surface area contributed by atoms with Gasteiger partial charge in [-0.2, -0.15) is 5.10 Å². The molecular formula is C11H11ClN2O2. The van der Waals surface area contributed by atoms with E-state index in [1.165, 1.54) is 0 Å². The zero-order valence-corrected chi connectivity index (χ0v) is 9.48. The molecule has 2 rings (SSSR count). The van der Waals surface area contributed by atoms with Crippen molar-refractivity contribution in [2.24, 2.45) is 0 Å². The van der Waals surface area contributed by atoms with Crippen LogP contribution in [0.25, 0.3) is 5.69 Å². The van der Waals surface area contributed by atoms with E-state index in [1.54, 1.807) is 18.0 Å². The number of benzene rings is 1. The first-order chi connectivity index (χ1) is 7.76. The van der Waals surface area contributed by atoms with E-state index in [0.29, 0.717) is 10.7 Å². The maximum atomic E-state index is 9.02. The lowest BCUT2D eigenvalue weighted by Crippen LogP contribution is -1.97. The molecule has 0 fully saturated rings. The van der Waals surface area contributed by atoms with Crippen LogP contribution in [0.15, 0.2) is 30.5 Å². The third-order valence-corrected chi connectivity index (χ3v) is 2.65. The Labute approximate surface area is 98.0 Å². The van der Waals surface area contributed by atoms with E-state index in [-0.39, 0.29) is 6.61 Å². The second-order valence-electron chi connectivity index (χ2n) is 3.23. The molecule has 0 aliphatic carbocycles. The zero-order valence-electron chi connectivity index (χ0n) is 8.72. The number of nitrogens with zero attached hydrogens (tertiary/aromatic N) is 2. The smallest absolute Gasteiger partial charge is 0.138 e. The van der Waals surface area contributed by atoms with E-state index in [4.69, 9.17) is 21.4 Å². The molecule has 0 amide bonds. The molecule has 1 heterocycles. The zero-order chi connectivity index (χ0) is 11.5. The first-order valence-corrected chi connectivity index (χ1v) is 5.11. The maximum absolute atomic E-state index is 9.02. The van der Waals surface area contributed by atoms with E-state index in [1.807, 2.05) is 24.3 Å². The average molecular weight is 239 g/mol. The van der Waals surface area contributed by atoms with Crippen LogP contribution in [-0.2, 0) is 6.61 Å². The van der Waals surface area contributed by atoms with Crippen LogP contribution in [0.3, 0.4) is 0 Å². The number of ether oxygens (including phenoxy) is 1. The van der Waals surface area contributed by atoms with Crippen LogP contribution in [-0.4, -0.2) is 22.0 Å². The van der Waals surface area contributed by atoms with Crippen molar-refractivity contribution in [2.75, 3.05) is 7.11 Å². The molecule has 5 heteroatoms. The maximum Gasteiger partial charge on any atom is 0.138 e. The van der Waals surface area contributed by atoms with Crippen molar-refractivity contribution in [3.05, 3.63) is 41.2 Å². The minimum Gasteiger partial charge on any atom is -0.497 e. The molecule has 0 aliphatic heterocycles. The Bertz CT molecular complexity index is 496.